The summed E-state index contributed by atoms with van der Waals surface area (Å²) < 4.78 is 50.3. The van der Waals surface area contributed by atoms with E-state index in [-0.39, 0.29) is 11.1 Å². The van der Waals surface area contributed by atoms with Crippen molar-refractivity contribution in [2.75, 3.05) is 13.2 Å². The molecule has 1 aromatic carbocycles. The summed E-state index contributed by atoms with van der Waals surface area (Å²) in [6, 6.07) is 5.16. The average molecular weight is 309 g/mol. The van der Waals surface area contributed by atoms with Crippen molar-refractivity contribution in [1.29, 1.82) is 0 Å². The van der Waals surface area contributed by atoms with Gasteiger partial charge in [0.15, 0.2) is 0 Å². The fourth-order valence-electron chi connectivity index (χ4n) is 1.34. The predicted octanol–water partition coefficient (Wildman–Crippen LogP) is 0.432. The molecule has 0 saturated carbocycles. The number of alkyl halides is 2. The van der Waals surface area contributed by atoms with Gasteiger partial charge in [0.2, 0.25) is 10.0 Å². The Bertz CT molecular complexity index is 588. The summed E-state index contributed by atoms with van der Waals surface area (Å²) in [6.45, 7) is -2.69. The number of nitrogens with one attached hydrogen (secondary N) is 1. The van der Waals surface area contributed by atoms with Crippen molar-refractivity contribution in [2.45, 2.75) is 11.7 Å². The summed E-state index contributed by atoms with van der Waals surface area (Å²) in [5.41, 5.74) is 0.0584. The Balaban J connectivity index is 2.76. The minimum absolute atomic E-state index is 0.0987. The second-order valence-electron chi connectivity index (χ2n) is 4.10. The van der Waals surface area contributed by atoms with E-state index in [9.17, 15) is 22.0 Å². The first kappa shape index (κ1) is 16.5. The van der Waals surface area contributed by atoms with E-state index in [1.807, 2.05) is 0 Å². The van der Waals surface area contributed by atoms with Crippen LogP contribution in [-0.4, -0.2) is 43.7 Å². The molecule has 0 unspecified atom stereocenters. The fraction of sp³-hybridized carbons (Fsp3) is 0.364. The average Bonchev–Trinajstić information content (AvgIpc) is 2.36. The zero-order valence-corrected chi connectivity index (χ0v) is 11.0. The van der Waals surface area contributed by atoms with Crippen LogP contribution in [0.1, 0.15) is 15.9 Å². The predicted molar refractivity (Wildman–Crippen MR) is 66.1 cm³/mol. The molecule has 1 rings (SSSR count). The van der Waals surface area contributed by atoms with Gasteiger partial charge in [0.25, 0.3) is 5.92 Å². The maximum atomic E-state index is 12.7. The number of rotatable bonds is 7. The number of sulfonamides is 1. The molecule has 0 aliphatic rings. The number of benzene rings is 1. The number of aromatic carboxylic acids is 1. The minimum Gasteiger partial charge on any atom is -0.478 e. The lowest BCUT2D eigenvalue weighted by atomic mass is 10.1. The van der Waals surface area contributed by atoms with Crippen LogP contribution in [0.2, 0.25) is 0 Å². The van der Waals surface area contributed by atoms with Crippen LogP contribution >= 0.6 is 0 Å². The fourth-order valence-corrected chi connectivity index (χ4v) is 2.49. The first-order valence-corrected chi connectivity index (χ1v) is 7.09. The summed E-state index contributed by atoms with van der Waals surface area (Å²) in [5.74, 6) is -5.39. The highest BCUT2D eigenvalue weighted by Gasteiger charge is 2.29. The highest BCUT2D eigenvalue weighted by atomic mass is 32.2. The summed E-state index contributed by atoms with van der Waals surface area (Å²) in [5, 5.41) is 17.1. The molecule has 0 bridgehead atoms. The largest absolute Gasteiger partial charge is 0.478 e. The molecule has 3 N–H and O–H groups in total. The monoisotopic (exact) mass is 309 g/mol. The molecule has 6 nitrogen and oxygen atoms in total. The maximum absolute atomic E-state index is 12.7. The summed E-state index contributed by atoms with van der Waals surface area (Å²) in [6.07, 6.45) is 0. The summed E-state index contributed by atoms with van der Waals surface area (Å²) in [4.78, 5) is 10.7. The van der Waals surface area contributed by atoms with Gasteiger partial charge in [0.1, 0.15) is 6.61 Å². The van der Waals surface area contributed by atoms with Gasteiger partial charge in [-0.05, 0) is 17.7 Å². The van der Waals surface area contributed by atoms with E-state index in [0.29, 0.717) is 0 Å². The third-order valence-corrected chi connectivity index (χ3v) is 3.61. The second-order valence-corrected chi connectivity index (χ2v) is 5.91. The van der Waals surface area contributed by atoms with Crippen molar-refractivity contribution in [1.82, 2.24) is 4.72 Å². The Morgan fingerprint density at radius 3 is 2.55 bits per heavy atom. The summed E-state index contributed by atoms with van der Waals surface area (Å²) in [7, 11) is -4.05. The zero-order valence-electron chi connectivity index (χ0n) is 10.2. The molecule has 0 saturated heterocycles. The molecule has 0 amide bonds. The molecular weight excluding hydrogens is 296 g/mol. The Kier molecular flexibility index (Phi) is 5.15. The molecule has 0 heterocycles. The van der Waals surface area contributed by atoms with Gasteiger partial charge >= 0.3 is 5.97 Å². The molecule has 0 aliphatic carbocycles. The standard InChI is InChI=1S/C11H13F2NO5S/c12-11(13,7-15)6-14-20(18,19)5-8-2-1-3-9(4-8)10(16)17/h1-4,14-15H,5-7H2,(H,16,17). The van der Waals surface area contributed by atoms with Crippen LogP contribution in [-0.2, 0) is 15.8 Å². The van der Waals surface area contributed by atoms with Gasteiger partial charge in [-0.2, -0.15) is 0 Å². The molecule has 0 aromatic heterocycles. The molecule has 9 heteroatoms. The summed E-state index contributed by atoms with van der Waals surface area (Å²) >= 11 is 0. The van der Waals surface area contributed by atoms with E-state index in [1.54, 1.807) is 4.72 Å². The van der Waals surface area contributed by atoms with Crippen LogP contribution in [0.4, 0.5) is 8.78 Å². The van der Waals surface area contributed by atoms with Crippen molar-refractivity contribution >= 4 is 16.0 Å². The van der Waals surface area contributed by atoms with E-state index in [4.69, 9.17) is 10.2 Å². The van der Waals surface area contributed by atoms with Crippen molar-refractivity contribution in [3.05, 3.63) is 35.4 Å². The lowest BCUT2D eigenvalue weighted by molar-refractivity contribution is -0.0437. The van der Waals surface area contributed by atoms with Gasteiger partial charge in [0.05, 0.1) is 17.9 Å². The highest BCUT2D eigenvalue weighted by molar-refractivity contribution is 7.88. The Hall–Kier alpha value is -1.58. The lowest BCUT2D eigenvalue weighted by Gasteiger charge is -2.14. The first-order chi connectivity index (χ1) is 9.15. The van der Waals surface area contributed by atoms with Crippen LogP contribution in [0, 0.1) is 0 Å². The van der Waals surface area contributed by atoms with Crippen molar-refractivity contribution in [3.63, 3.8) is 0 Å². The third-order valence-electron chi connectivity index (χ3n) is 2.31. The normalized spacial score (nSPS) is 12.3. The van der Waals surface area contributed by atoms with Crippen LogP contribution < -0.4 is 4.72 Å². The molecule has 0 atom stereocenters. The second kappa shape index (κ2) is 6.25. The minimum atomic E-state index is -4.05. The Morgan fingerprint density at radius 2 is 2.00 bits per heavy atom. The number of carbonyl (C=O) groups is 1. The van der Waals surface area contributed by atoms with E-state index >= 15 is 0 Å². The van der Waals surface area contributed by atoms with E-state index in [0.717, 1.165) is 6.07 Å². The van der Waals surface area contributed by atoms with Gasteiger partial charge in [-0.3, -0.25) is 0 Å². The number of aliphatic hydroxyl groups excluding tert-OH is 1. The van der Waals surface area contributed by atoms with E-state index in [1.165, 1.54) is 18.2 Å². The zero-order chi connectivity index (χ0) is 15.4. The van der Waals surface area contributed by atoms with Gasteiger partial charge in [-0.15, -0.1) is 0 Å². The van der Waals surface area contributed by atoms with Crippen molar-refractivity contribution < 1.29 is 32.2 Å². The number of hydrogen-bond acceptors (Lipinski definition) is 4. The van der Waals surface area contributed by atoms with Gasteiger partial charge in [0, 0.05) is 0 Å². The number of hydrogen-bond donors (Lipinski definition) is 3. The van der Waals surface area contributed by atoms with E-state index < -0.39 is 40.8 Å². The lowest BCUT2D eigenvalue weighted by Crippen LogP contribution is -2.39. The number of halogens is 2. The van der Waals surface area contributed by atoms with Gasteiger partial charge in [-0.1, -0.05) is 12.1 Å². The Morgan fingerprint density at radius 1 is 1.35 bits per heavy atom. The SMILES string of the molecule is O=C(O)c1cccc(CS(=O)(=O)NCC(F)(F)CO)c1. The number of carboxylic acids is 1. The maximum Gasteiger partial charge on any atom is 0.335 e. The molecule has 112 valence electrons. The molecule has 0 fully saturated rings. The molecule has 0 radical (unpaired) electrons. The molecule has 0 spiro atoms. The van der Waals surface area contributed by atoms with Crippen molar-refractivity contribution in [3.8, 4) is 0 Å². The number of carboxylic acid groups (broad SMARTS) is 1. The quantitative estimate of drug-likeness (QED) is 0.678. The molecular formula is C11H13F2NO5S. The molecule has 1 aromatic rings. The van der Waals surface area contributed by atoms with Crippen molar-refractivity contribution in [2.24, 2.45) is 0 Å². The number of aliphatic hydroxyl groups is 1. The third kappa shape index (κ3) is 5.19. The molecule has 20 heavy (non-hydrogen) atoms. The van der Waals surface area contributed by atoms with Gasteiger partial charge < -0.3 is 10.2 Å². The smallest absolute Gasteiger partial charge is 0.335 e. The van der Waals surface area contributed by atoms with Crippen LogP contribution in [0.5, 0.6) is 0 Å². The van der Waals surface area contributed by atoms with Gasteiger partial charge in [-0.25, -0.2) is 26.7 Å². The first-order valence-electron chi connectivity index (χ1n) is 5.43. The molecule has 0 aliphatic heterocycles. The van der Waals surface area contributed by atoms with E-state index in [2.05, 4.69) is 0 Å². The topological polar surface area (TPSA) is 104 Å². The van der Waals surface area contributed by atoms with Crippen LogP contribution in [0.25, 0.3) is 0 Å². The van der Waals surface area contributed by atoms with Crippen LogP contribution in [0.15, 0.2) is 24.3 Å². The Labute approximate surface area is 114 Å². The highest BCUT2D eigenvalue weighted by Crippen LogP contribution is 2.12. The van der Waals surface area contributed by atoms with Crippen LogP contribution in [0.3, 0.4) is 0 Å².